The average molecular weight is 207 g/mol. The molecule has 0 spiro atoms. The molecule has 1 unspecified atom stereocenters. The summed E-state index contributed by atoms with van der Waals surface area (Å²) >= 11 is 0. The van der Waals surface area contributed by atoms with Gasteiger partial charge in [0.15, 0.2) is 0 Å². The minimum atomic E-state index is -0.342. The summed E-state index contributed by atoms with van der Waals surface area (Å²) in [5, 5.41) is 9.02. The summed E-state index contributed by atoms with van der Waals surface area (Å²) in [5.41, 5.74) is 0.806. The number of rotatable bonds is 2. The Morgan fingerprint density at radius 1 is 1.40 bits per heavy atom. The van der Waals surface area contributed by atoms with Crippen LogP contribution in [-0.2, 0) is 4.74 Å². The van der Waals surface area contributed by atoms with E-state index in [0.717, 1.165) is 5.69 Å². The molecule has 1 N–H and O–H groups in total. The second-order valence-electron chi connectivity index (χ2n) is 3.57. The molecule has 4 nitrogen and oxygen atoms in total. The summed E-state index contributed by atoms with van der Waals surface area (Å²) in [6.45, 7) is 0.856. The quantitative estimate of drug-likeness (QED) is 0.794. The maximum absolute atomic E-state index is 11.5. The summed E-state index contributed by atoms with van der Waals surface area (Å²) < 4.78 is 4.98. The first-order chi connectivity index (χ1) is 7.31. The largest absolute Gasteiger partial charge is 0.449 e. The Morgan fingerprint density at radius 2 is 2.13 bits per heavy atom. The van der Waals surface area contributed by atoms with E-state index in [0.29, 0.717) is 13.2 Å². The molecular weight excluding hydrogens is 194 g/mol. The molecule has 0 aromatic heterocycles. The number of hydrogen-bond donors (Lipinski definition) is 1. The van der Waals surface area contributed by atoms with Crippen molar-refractivity contribution in [3.8, 4) is 0 Å². The van der Waals surface area contributed by atoms with Gasteiger partial charge in [0, 0.05) is 18.2 Å². The number of aliphatic hydroxyl groups excluding tert-OH is 1. The van der Waals surface area contributed by atoms with E-state index in [9.17, 15) is 4.79 Å². The fourth-order valence-corrected chi connectivity index (χ4v) is 1.58. The molecule has 80 valence electrons. The van der Waals surface area contributed by atoms with Crippen molar-refractivity contribution in [3.05, 3.63) is 30.3 Å². The van der Waals surface area contributed by atoms with Crippen molar-refractivity contribution in [2.75, 3.05) is 24.7 Å². The third-order valence-electron chi connectivity index (χ3n) is 2.43. The van der Waals surface area contributed by atoms with Crippen LogP contribution in [0.4, 0.5) is 10.5 Å². The van der Waals surface area contributed by atoms with Gasteiger partial charge in [-0.05, 0) is 12.1 Å². The van der Waals surface area contributed by atoms with Gasteiger partial charge in [0.1, 0.15) is 0 Å². The van der Waals surface area contributed by atoms with Crippen molar-refractivity contribution >= 4 is 11.8 Å². The van der Waals surface area contributed by atoms with Crippen molar-refractivity contribution in [2.24, 2.45) is 5.92 Å². The van der Waals surface area contributed by atoms with Gasteiger partial charge in [-0.2, -0.15) is 0 Å². The molecule has 1 saturated heterocycles. The molecule has 2 rings (SSSR count). The van der Waals surface area contributed by atoms with E-state index in [4.69, 9.17) is 9.84 Å². The Morgan fingerprint density at radius 3 is 2.80 bits per heavy atom. The van der Waals surface area contributed by atoms with Crippen LogP contribution in [0, 0.1) is 5.92 Å². The van der Waals surface area contributed by atoms with Crippen LogP contribution in [0.1, 0.15) is 0 Å². The second kappa shape index (κ2) is 4.31. The third kappa shape index (κ3) is 2.10. The first-order valence-electron chi connectivity index (χ1n) is 4.91. The van der Waals surface area contributed by atoms with Crippen molar-refractivity contribution in [1.82, 2.24) is 0 Å². The highest BCUT2D eigenvalue weighted by Crippen LogP contribution is 2.20. The van der Waals surface area contributed by atoms with Crippen LogP contribution >= 0.6 is 0 Å². The fourth-order valence-electron chi connectivity index (χ4n) is 1.58. The van der Waals surface area contributed by atoms with E-state index in [2.05, 4.69) is 0 Å². The maximum atomic E-state index is 11.5. The van der Waals surface area contributed by atoms with Gasteiger partial charge < -0.3 is 9.84 Å². The standard InChI is InChI=1S/C11H13NO3/c13-7-9-6-12(11(14)15-8-9)10-4-2-1-3-5-10/h1-5,9,13H,6-8H2. The van der Waals surface area contributed by atoms with Crippen LogP contribution < -0.4 is 4.90 Å². The topological polar surface area (TPSA) is 49.8 Å². The lowest BCUT2D eigenvalue weighted by atomic mass is 10.1. The van der Waals surface area contributed by atoms with Crippen LogP contribution in [0.2, 0.25) is 0 Å². The summed E-state index contributed by atoms with van der Waals surface area (Å²) in [7, 11) is 0. The normalized spacial score (nSPS) is 21.3. The third-order valence-corrected chi connectivity index (χ3v) is 2.43. The zero-order valence-electron chi connectivity index (χ0n) is 8.30. The Kier molecular flexibility index (Phi) is 2.87. The number of benzene rings is 1. The SMILES string of the molecule is O=C1OCC(CO)CN1c1ccccc1. The molecule has 1 atom stereocenters. The monoisotopic (exact) mass is 207 g/mol. The summed E-state index contributed by atoms with van der Waals surface area (Å²) in [6, 6.07) is 9.32. The second-order valence-corrected chi connectivity index (χ2v) is 3.57. The van der Waals surface area contributed by atoms with Gasteiger partial charge in [0.2, 0.25) is 0 Å². The van der Waals surface area contributed by atoms with Gasteiger partial charge in [-0.15, -0.1) is 0 Å². The first kappa shape index (κ1) is 9.98. The number of anilines is 1. The number of amides is 1. The number of hydrogen-bond acceptors (Lipinski definition) is 3. The lowest BCUT2D eigenvalue weighted by molar-refractivity contribution is 0.0900. The van der Waals surface area contributed by atoms with E-state index in [1.54, 1.807) is 4.90 Å². The summed E-state index contributed by atoms with van der Waals surface area (Å²) in [5.74, 6) is 0.00269. The van der Waals surface area contributed by atoms with Crippen molar-refractivity contribution < 1.29 is 14.6 Å². The molecule has 1 aromatic rings. The molecule has 1 fully saturated rings. The molecule has 1 aliphatic heterocycles. The number of carbonyl (C=O) groups is 1. The van der Waals surface area contributed by atoms with Crippen LogP contribution in [0.15, 0.2) is 30.3 Å². The number of para-hydroxylation sites is 1. The molecule has 15 heavy (non-hydrogen) atoms. The lowest BCUT2D eigenvalue weighted by Gasteiger charge is -2.31. The van der Waals surface area contributed by atoms with Gasteiger partial charge in [0.25, 0.3) is 0 Å². The van der Waals surface area contributed by atoms with Crippen LogP contribution in [0.5, 0.6) is 0 Å². The molecule has 0 bridgehead atoms. The molecule has 4 heteroatoms. The zero-order valence-corrected chi connectivity index (χ0v) is 8.30. The maximum Gasteiger partial charge on any atom is 0.414 e. The molecule has 1 heterocycles. The highest BCUT2D eigenvalue weighted by molar-refractivity contribution is 5.88. The summed E-state index contributed by atoms with van der Waals surface area (Å²) in [6.07, 6.45) is -0.342. The smallest absolute Gasteiger partial charge is 0.414 e. The molecule has 1 aliphatic rings. The molecule has 0 saturated carbocycles. The molecule has 1 amide bonds. The zero-order chi connectivity index (χ0) is 10.7. The summed E-state index contributed by atoms with van der Waals surface area (Å²) in [4.78, 5) is 13.0. The van der Waals surface area contributed by atoms with Gasteiger partial charge in [-0.1, -0.05) is 18.2 Å². The van der Waals surface area contributed by atoms with Crippen LogP contribution in [0.3, 0.4) is 0 Å². The number of carbonyl (C=O) groups excluding carboxylic acids is 1. The van der Waals surface area contributed by atoms with Crippen LogP contribution in [0.25, 0.3) is 0 Å². The van der Waals surface area contributed by atoms with E-state index < -0.39 is 0 Å². The molecule has 1 aromatic carbocycles. The predicted octanol–water partition coefficient (Wildman–Crippen LogP) is 1.25. The lowest BCUT2D eigenvalue weighted by Crippen LogP contribution is -2.44. The first-order valence-corrected chi connectivity index (χ1v) is 4.91. The highest BCUT2D eigenvalue weighted by Gasteiger charge is 2.27. The van der Waals surface area contributed by atoms with E-state index >= 15 is 0 Å². The molecule has 0 radical (unpaired) electrons. The van der Waals surface area contributed by atoms with Crippen molar-refractivity contribution in [3.63, 3.8) is 0 Å². The Hall–Kier alpha value is -1.55. The van der Waals surface area contributed by atoms with Crippen molar-refractivity contribution in [2.45, 2.75) is 0 Å². The van der Waals surface area contributed by atoms with Gasteiger partial charge in [-0.25, -0.2) is 4.79 Å². The predicted molar refractivity (Wildman–Crippen MR) is 55.7 cm³/mol. The minimum Gasteiger partial charge on any atom is -0.449 e. The molecular formula is C11H13NO3. The van der Waals surface area contributed by atoms with E-state index in [1.807, 2.05) is 30.3 Å². The molecule has 0 aliphatic carbocycles. The average Bonchev–Trinajstić information content (AvgIpc) is 2.31. The minimum absolute atomic E-state index is 0.00269. The number of nitrogens with zero attached hydrogens (tertiary/aromatic N) is 1. The Bertz CT molecular complexity index is 339. The Balaban J connectivity index is 2.16. The van der Waals surface area contributed by atoms with Crippen LogP contribution in [-0.4, -0.2) is 31.0 Å². The number of cyclic esters (lactones) is 1. The Labute approximate surface area is 88.1 Å². The van der Waals surface area contributed by atoms with Gasteiger partial charge in [-0.3, -0.25) is 4.90 Å². The van der Waals surface area contributed by atoms with E-state index in [1.165, 1.54) is 0 Å². The fraction of sp³-hybridized carbons (Fsp3) is 0.364. The van der Waals surface area contributed by atoms with E-state index in [-0.39, 0.29) is 18.6 Å². The van der Waals surface area contributed by atoms with Gasteiger partial charge >= 0.3 is 6.09 Å². The van der Waals surface area contributed by atoms with Crippen molar-refractivity contribution in [1.29, 1.82) is 0 Å². The highest BCUT2D eigenvalue weighted by atomic mass is 16.6. The van der Waals surface area contributed by atoms with Gasteiger partial charge in [0.05, 0.1) is 13.2 Å². The number of aliphatic hydroxyl groups is 1. The number of ether oxygens (including phenoxy) is 1.